The third-order valence-electron chi connectivity index (χ3n) is 5.43. The summed E-state index contributed by atoms with van der Waals surface area (Å²) in [4.78, 5) is 32.2. The highest BCUT2D eigenvalue weighted by Gasteiger charge is 2.30. The van der Waals surface area contributed by atoms with Crippen molar-refractivity contribution in [1.29, 1.82) is 0 Å². The van der Waals surface area contributed by atoms with Crippen LogP contribution >= 0.6 is 0 Å². The fourth-order valence-electron chi connectivity index (χ4n) is 3.84. The number of likely N-dealkylation sites (N-methyl/N-ethyl adjacent to an activating group) is 1. The second kappa shape index (κ2) is 10.5. The summed E-state index contributed by atoms with van der Waals surface area (Å²) in [6.07, 6.45) is 1.12. The number of carbonyl (C=O) groups excluding carboxylic acids is 1. The molecule has 1 amide bonds. The van der Waals surface area contributed by atoms with Crippen molar-refractivity contribution in [1.82, 2.24) is 25.0 Å². The lowest BCUT2D eigenvalue weighted by Gasteiger charge is -2.24. The summed E-state index contributed by atoms with van der Waals surface area (Å²) in [7, 11) is 4.16. The van der Waals surface area contributed by atoms with Crippen LogP contribution in [0.3, 0.4) is 0 Å². The summed E-state index contributed by atoms with van der Waals surface area (Å²) in [6.45, 7) is 15.1. The third-order valence-corrected chi connectivity index (χ3v) is 5.43. The first-order valence-electron chi connectivity index (χ1n) is 12.0. The summed E-state index contributed by atoms with van der Waals surface area (Å²) in [5.74, 6) is 1.70. The standard InChI is InChI=1S/C25H41N5O4/c1-24(2,3)16-22-26-20-15-18(9-10-21(20)30(22)14-13-28(7)8)33-27-34-19-11-12-29(17-19)23(31)32-25(4,5)6/h9-10,15,19,27H,11-14,16-17H2,1-8H3. The van der Waals surface area contributed by atoms with E-state index in [0.717, 1.165) is 36.4 Å². The first kappa shape index (κ1) is 26.2. The predicted molar refractivity (Wildman–Crippen MR) is 133 cm³/mol. The summed E-state index contributed by atoms with van der Waals surface area (Å²) >= 11 is 0. The fourth-order valence-corrected chi connectivity index (χ4v) is 3.84. The van der Waals surface area contributed by atoms with Crippen molar-refractivity contribution < 1.29 is 19.2 Å². The fraction of sp³-hybridized carbons (Fsp3) is 0.680. The average molecular weight is 476 g/mol. The molecule has 2 aromatic rings. The first-order valence-corrected chi connectivity index (χ1v) is 12.0. The van der Waals surface area contributed by atoms with Crippen LogP contribution in [0.2, 0.25) is 0 Å². The van der Waals surface area contributed by atoms with Gasteiger partial charge in [0.2, 0.25) is 0 Å². The van der Waals surface area contributed by atoms with Gasteiger partial charge in [-0.3, -0.25) is 4.84 Å². The van der Waals surface area contributed by atoms with Crippen LogP contribution < -0.4 is 10.5 Å². The molecule has 9 nitrogen and oxygen atoms in total. The van der Waals surface area contributed by atoms with Gasteiger partial charge in [-0.1, -0.05) is 20.8 Å². The highest BCUT2D eigenvalue weighted by Crippen LogP contribution is 2.26. The zero-order valence-corrected chi connectivity index (χ0v) is 22.0. The Morgan fingerprint density at radius 3 is 2.59 bits per heavy atom. The predicted octanol–water partition coefficient (Wildman–Crippen LogP) is 4.01. The van der Waals surface area contributed by atoms with E-state index in [4.69, 9.17) is 19.4 Å². The Morgan fingerprint density at radius 1 is 1.21 bits per heavy atom. The summed E-state index contributed by atoms with van der Waals surface area (Å²) in [5, 5.41) is 0. The number of fused-ring (bicyclic) bond motifs is 1. The van der Waals surface area contributed by atoms with E-state index >= 15 is 0 Å². The molecule has 34 heavy (non-hydrogen) atoms. The van der Waals surface area contributed by atoms with Crippen LogP contribution in [-0.4, -0.2) is 70.9 Å². The van der Waals surface area contributed by atoms with Crippen LogP contribution in [-0.2, 0) is 22.5 Å². The Morgan fingerprint density at radius 2 is 1.94 bits per heavy atom. The maximum absolute atomic E-state index is 12.2. The van der Waals surface area contributed by atoms with Crippen LogP contribution in [0.4, 0.5) is 4.79 Å². The average Bonchev–Trinajstić information content (AvgIpc) is 3.28. The second-order valence-electron chi connectivity index (χ2n) is 11.5. The number of nitrogens with zero attached hydrogens (tertiary/aromatic N) is 4. The van der Waals surface area contributed by atoms with Crippen LogP contribution in [0, 0.1) is 5.41 Å². The number of ether oxygens (including phenoxy) is 1. The Hall–Kier alpha value is -2.36. The van der Waals surface area contributed by atoms with Crippen molar-refractivity contribution in [3.63, 3.8) is 0 Å². The number of carbonyl (C=O) groups is 1. The molecule has 0 aliphatic carbocycles. The molecule has 1 atom stereocenters. The number of benzene rings is 1. The minimum Gasteiger partial charge on any atom is -0.444 e. The molecule has 2 heterocycles. The molecular formula is C25H41N5O4. The Bertz CT molecular complexity index is 974. The van der Waals surface area contributed by atoms with Crippen molar-refractivity contribution >= 4 is 17.1 Å². The Balaban J connectivity index is 1.60. The van der Waals surface area contributed by atoms with Gasteiger partial charge in [-0.05, 0) is 64.5 Å². The van der Waals surface area contributed by atoms with E-state index in [-0.39, 0.29) is 17.6 Å². The molecule has 3 rings (SSSR count). The third kappa shape index (κ3) is 7.58. The molecule has 1 fully saturated rings. The number of imidazole rings is 1. The van der Waals surface area contributed by atoms with E-state index in [2.05, 4.69) is 50.0 Å². The molecule has 1 aromatic heterocycles. The monoisotopic (exact) mass is 475 g/mol. The van der Waals surface area contributed by atoms with Crippen LogP contribution in [0.5, 0.6) is 5.75 Å². The van der Waals surface area contributed by atoms with Crippen molar-refractivity contribution in [2.24, 2.45) is 5.41 Å². The maximum atomic E-state index is 12.2. The molecule has 0 radical (unpaired) electrons. The highest BCUT2D eigenvalue weighted by molar-refractivity contribution is 5.77. The number of aromatic nitrogens is 2. The van der Waals surface area contributed by atoms with Crippen molar-refractivity contribution in [2.75, 3.05) is 33.7 Å². The van der Waals surface area contributed by atoms with Gasteiger partial charge in [0, 0.05) is 32.1 Å². The van der Waals surface area contributed by atoms with Gasteiger partial charge >= 0.3 is 6.09 Å². The minimum atomic E-state index is -0.512. The topological polar surface area (TPSA) is 81.1 Å². The molecule has 1 saturated heterocycles. The molecule has 1 aliphatic rings. The lowest BCUT2D eigenvalue weighted by Crippen LogP contribution is -2.37. The van der Waals surface area contributed by atoms with Gasteiger partial charge in [0.1, 0.15) is 17.5 Å². The van der Waals surface area contributed by atoms with Crippen molar-refractivity contribution in [2.45, 2.75) is 72.6 Å². The molecule has 1 aliphatic heterocycles. The van der Waals surface area contributed by atoms with Gasteiger partial charge in [-0.15, -0.1) is 0 Å². The number of rotatable bonds is 8. The van der Waals surface area contributed by atoms with Gasteiger partial charge in [-0.2, -0.15) is 0 Å². The van der Waals surface area contributed by atoms with Gasteiger partial charge in [0.05, 0.1) is 17.6 Å². The quantitative estimate of drug-likeness (QED) is 0.578. The smallest absolute Gasteiger partial charge is 0.410 e. The largest absolute Gasteiger partial charge is 0.444 e. The van der Waals surface area contributed by atoms with Crippen molar-refractivity contribution in [3.05, 3.63) is 24.0 Å². The zero-order valence-electron chi connectivity index (χ0n) is 22.0. The van der Waals surface area contributed by atoms with E-state index in [1.165, 1.54) is 0 Å². The number of nitrogens with one attached hydrogen (secondary N) is 1. The SMILES string of the molecule is CN(C)CCn1c(CC(C)(C)C)nc2cc(ONOC3CCN(C(=O)OC(C)(C)C)C3)ccc21. The molecule has 0 spiro atoms. The molecule has 1 aromatic carbocycles. The molecule has 9 heteroatoms. The molecular weight excluding hydrogens is 434 g/mol. The normalized spacial score (nSPS) is 17.1. The van der Waals surface area contributed by atoms with Crippen LogP contribution in [0.1, 0.15) is 53.8 Å². The van der Waals surface area contributed by atoms with Gasteiger partial charge < -0.3 is 23.9 Å². The number of hydrogen-bond donors (Lipinski definition) is 1. The first-order chi connectivity index (χ1) is 15.8. The van der Waals surface area contributed by atoms with E-state index in [1.54, 1.807) is 4.90 Å². The van der Waals surface area contributed by atoms with E-state index < -0.39 is 5.60 Å². The molecule has 1 N–H and O–H groups in total. The molecule has 1 unspecified atom stereocenters. The lowest BCUT2D eigenvalue weighted by molar-refractivity contribution is -0.140. The van der Waals surface area contributed by atoms with Gasteiger partial charge in [0.25, 0.3) is 0 Å². The van der Waals surface area contributed by atoms with Gasteiger partial charge in [-0.25, -0.2) is 9.78 Å². The van der Waals surface area contributed by atoms with E-state index in [0.29, 0.717) is 25.3 Å². The lowest BCUT2D eigenvalue weighted by atomic mass is 9.92. The van der Waals surface area contributed by atoms with E-state index in [1.807, 2.05) is 39.0 Å². The maximum Gasteiger partial charge on any atom is 0.410 e. The number of hydrogen-bond acceptors (Lipinski definition) is 7. The number of likely N-dealkylation sites (tertiary alicyclic amines) is 1. The van der Waals surface area contributed by atoms with Crippen LogP contribution in [0.25, 0.3) is 11.0 Å². The molecule has 190 valence electrons. The van der Waals surface area contributed by atoms with Crippen LogP contribution in [0.15, 0.2) is 18.2 Å². The highest BCUT2D eigenvalue weighted by atomic mass is 16.9. The number of amides is 1. The minimum absolute atomic E-state index is 0.139. The van der Waals surface area contributed by atoms with E-state index in [9.17, 15) is 4.79 Å². The van der Waals surface area contributed by atoms with Crippen molar-refractivity contribution in [3.8, 4) is 5.75 Å². The Labute approximate surface area is 203 Å². The van der Waals surface area contributed by atoms with Gasteiger partial charge in [0.15, 0.2) is 5.75 Å². The Kier molecular flexibility index (Phi) is 8.10. The summed E-state index contributed by atoms with van der Waals surface area (Å²) in [6, 6.07) is 5.88. The molecule has 0 bridgehead atoms. The molecule has 0 saturated carbocycles. The summed E-state index contributed by atoms with van der Waals surface area (Å²) < 4.78 is 7.73. The zero-order chi connectivity index (χ0) is 25.1. The summed E-state index contributed by atoms with van der Waals surface area (Å²) in [5.41, 5.74) is 4.22. The second-order valence-corrected chi connectivity index (χ2v) is 11.5.